The van der Waals surface area contributed by atoms with E-state index in [0.717, 1.165) is 18.8 Å². The minimum Gasteiger partial charge on any atom is -0.493 e. The largest absolute Gasteiger partial charge is 0.493 e. The molecular formula is C14H21O. The SMILES string of the molecule is CCCCc1c[c]cc(OCC(C)C)c1. The summed E-state index contributed by atoms with van der Waals surface area (Å²) >= 11 is 0. The van der Waals surface area contributed by atoms with Gasteiger partial charge in [-0.05, 0) is 42.5 Å². The summed E-state index contributed by atoms with van der Waals surface area (Å²) in [5.41, 5.74) is 1.33. The molecule has 0 spiro atoms. The molecule has 0 atom stereocenters. The van der Waals surface area contributed by atoms with Crippen molar-refractivity contribution in [2.24, 2.45) is 5.92 Å². The van der Waals surface area contributed by atoms with Gasteiger partial charge in [-0.3, -0.25) is 0 Å². The summed E-state index contributed by atoms with van der Waals surface area (Å²) in [7, 11) is 0. The van der Waals surface area contributed by atoms with Crippen molar-refractivity contribution in [3.8, 4) is 5.75 Å². The van der Waals surface area contributed by atoms with Crippen molar-refractivity contribution in [3.63, 3.8) is 0 Å². The van der Waals surface area contributed by atoms with Crippen LogP contribution in [0.5, 0.6) is 5.75 Å². The van der Waals surface area contributed by atoms with E-state index in [-0.39, 0.29) is 0 Å². The number of benzene rings is 1. The predicted molar refractivity (Wildman–Crippen MR) is 64.2 cm³/mol. The van der Waals surface area contributed by atoms with Crippen LogP contribution < -0.4 is 4.74 Å². The maximum atomic E-state index is 5.66. The third-order valence-corrected chi connectivity index (χ3v) is 2.22. The second kappa shape index (κ2) is 6.49. The van der Waals surface area contributed by atoms with Crippen LogP contribution >= 0.6 is 0 Å². The highest BCUT2D eigenvalue weighted by atomic mass is 16.5. The van der Waals surface area contributed by atoms with Crippen molar-refractivity contribution >= 4 is 0 Å². The quantitative estimate of drug-likeness (QED) is 0.685. The van der Waals surface area contributed by atoms with Crippen LogP contribution in [0.1, 0.15) is 39.2 Å². The van der Waals surface area contributed by atoms with Gasteiger partial charge in [-0.2, -0.15) is 0 Å². The topological polar surface area (TPSA) is 9.23 Å². The van der Waals surface area contributed by atoms with Crippen molar-refractivity contribution in [1.29, 1.82) is 0 Å². The number of hydrogen-bond acceptors (Lipinski definition) is 1. The van der Waals surface area contributed by atoms with Gasteiger partial charge in [0.25, 0.3) is 0 Å². The van der Waals surface area contributed by atoms with Gasteiger partial charge < -0.3 is 4.74 Å². The lowest BCUT2D eigenvalue weighted by molar-refractivity contribution is 0.271. The normalized spacial score (nSPS) is 10.7. The first kappa shape index (κ1) is 12.1. The van der Waals surface area contributed by atoms with Gasteiger partial charge in [0.15, 0.2) is 0 Å². The van der Waals surface area contributed by atoms with Crippen LogP contribution in [0.25, 0.3) is 0 Å². The van der Waals surface area contributed by atoms with Gasteiger partial charge in [-0.25, -0.2) is 0 Å². The number of rotatable bonds is 6. The van der Waals surface area contributed by atoms with Gasteiger partial charge in [0.1, 0.15) is 5.75 Å². The molecule has 1 aromatic rings. The molecule has 0 bridgehead atoms. The van der Waals surface area contributed by atoms with E-state index in [2.05, 4.69) is 39.0 Å². The van der Waals surface area contributed by atoms with E-state index in [9.17, 15) is 0 Å². The second-order valence-corrected chi connectivity index (χ2v) is 4.39. The highest BCUT2D eigenvalue weighted by molar-refractivity contribution is 5.27. The van der Waals surface area contributed by atoms with E-state index in [0.29, 0.717) is 5.92 Å². The Bertz CT molecular complexity index is 278. The Kier molecular flexibility index (Phi) is 5.23. The average Bonchev–Trinajstić information content (AvgIpc) is 2.24. The van der Waals surface area contributed by atoms with Crippen LogP contribution in [0.2, 0.25) is 0 Å². The molecule has 1 radical (unpaired) electrons. The fourth-order valence-electron chi connectivity index (χ4n) is 1.37. The van der Waals surface area contributed by atoms with Crippen LogP contribution in [-0.4, -0.2) is 6.61 Å². The molecular weight excluding hydrogens is 184 g/mol. The lowest BCUT2D eigenvalue weighted by Gasteiger charge is -2.09. The summed E-state index contributed by atoms with van der Waals surface area (Å²) in [6.45, 7) is 7.31. The predicted octanol–water partition coefficient (Wildman–Crippen LogP) is 3.86. The molecule has 0 unspecified atom stereocenters. The zero-order chi connectivity index (χ0) is 11.1. The van der Waals surface area contributed by atoms with Gasteiger partial charge in [0.05, 0.1) is 6.61 Å². The summed E-state index contributed by atoms with van der Waals surface area (Å²) in [5, 5.41) is 0. The molecule has 0 heterocycles. The summed E-state index contributed by atoms with van der Waals surface area (Å²) in [6, 6.07) is 9.24. The first-order valence-corrected chi connectivity index (χ1v) is 5.85. The Morgan fingerprint density at radius 1 is 1.33 bits per heavy atom. The third-order valence-electron chi connectivity index (χ3n) is 2.22. The molecule has 0 aromatic heterocycles. The Labute approximate surface area is 93.5 Å². The van der Waals surface area contributed by atoms with Crippen molar-refractivity contribution in [2.75, 3.05) is 6.61 Å². The molecule has 1 heteroatoms. The number of ether oxygens (including phenoxy) is 1. The Balaban J connectivity index is 2.50. The van der Waals surface area contributed by atoms with Crippen LogP contribution in [0.3, 0.4) is 0 Å². The highest BCUT2D eigenvalue weighted by Crippen LogP contribution is 2.15. The molecule has 0 aliphatic heterocycles. The lowest BCUT2D eigenvalue weighted by atomic mass is 10.1. The third kappa shape index (κ3) is 4.87. The monoisotopic (exact) mass is 205 g/mol. The van der Waals surface area contributed by atoms with Crippen molar-refractivity contribution < 1.29 is 4.74 Å². The summed E-state index contributed by atoms with van der Waals surface area (Å²) in [5.74, 6) is 1.53. The molecule has 1 rings (SSSR count). The number of unbranched alkanes of at least 4 members (excludes halogenated alkanes) is 1. The summed E-state index contributed by atoms with van der Waals surface area (Å²) < 4.78 is 5.66. The molecule has 0 aliphatic carbocycles. The minimum atomic E-state index is 0.573. The fraction of sp³-hybridized carbons (Fsp3) is 0.571. The standard InChI is InChI=1S/C14H21O/c1-4-5-7-13-8-6-9-14(10-13)15-11-12(2)3/h8-10,12H,4-5,7,11H2,1-3H3. The first-order chi connectivity index (χ1) is 7.22. The number of aryl methyl sites for hydroxylation is 1. The molecule has 0 N–H and O–H groups in total. The molecule has 83 valence electrons. The maximum absolute atomic E-state index is 5.66. The average molecular weight is 205 g/mol. The van der Waals surface area contributed by atoms with Crippen LogP contribution in [0.4, 0.5) is 0 Å². The van der Waals surface area contributed by atoms with E-state index in [4.69, 9.17) is 4.74 Å². The Hall–Kier alpha value is -0.980. The zero-order valence-electron chi connectivity index (χ0n) is 10.0. The van der Waals surface area contributed by atoms with Gasteiger partial charge in [0.2, 0.25) is 0 Å². The van der Waals surface area contributed by atoms with E-state index in [1.807, 2.05) is 6.07 Å². The van der Waals surface area contributed by atoms with Gasteiger partial charge in [-0.1, -0.05) is 33.3 Å². The minimum absolute atomic E-state index is 0.573. The van der Waals surface area contributed by atoms with Crippen molar-refractivity contribution in [2.45, 2.75) is 40.0 Å². The van der Waals surface area contributed by atoms with Gasteiger partial charge >= 0.3 is 0 Å². The first-order valence-electron chi connectivity index (χ1n) is 5.85. The second-order valence-electron chi connectivity index (χ2n) is 4.39. The van der Waals surface area contributed by atoms with Crippen LogP contribution in [-0.2, 0) is 6.42 Å². The smallest absolute Gasteiger partial charge is 0.120 e. The Morgan fingerprint density at radius 3 is 2.80 bits per heavy atom. The zero-order valence-corrected chi connectivity index (χ0v) is 10.0. The van der Waals surface area contributed by atoms with Crippen LogP contribution in [0.15, 0.2) is 18.2 Å². The summed E-state index contributed by atoms with van der Waals surface area (Å²) in [6.07, 6.45) is 3.60. The summed E-state index contributed by atoms with van der Waals surface area (Å²) in [4.78, 5) is 0. The van der Waals surface area contributed by atoms with Crippen molar-refractivity contribution in [3.05, 3.63) is 29.8 Å². The molecule has 1 aromatic carbocycles. The highest BCUT2D eigenvalue weighted by Gasteiger charge is 1.99. The van der Waals surface area contributed by atoms with E-state index >= 15 is 0 Å². The number of hydrogen-bond donors (Lipinski definition) is 0. The van der Waals surface area contributed by atoms with Gasteiger partial charge in [0, 0.05) is 0 Å². The van der Waals surface area contributed by atoms with Crippen LogP contribution in [0, 0.1) is 12.0 Å². The van der Waals surface area contributed by atoms with E-state index < -0.39 is 0 Å². The molecule has 0 fully saturated rings. The molecule has 0 aliphatic rings. The molecule has 0 amide bonds. The Morgan fingerprint density at radius 2 is 2.13 bits per heavy atom. The molecule has 1 nitrogen and oxygen atoms in total. The fourth-order valence-corrected chi connectivity index (χ4v) is 1.37. The molecule has 15 heavy (non-hydrogen) atoms. The van der Waals surface area contributed by atoms with E-state index in [1.54, 1.807) is 0 Å². The molecule has 0 saturated heterocycles. The van der Waals surface area contributed by atoms with E-state index in [1.165, 1.54) is 18.4 Å². The molecule has 0 saturated carbocycles. The lowest BCUT2D eigenvalue weighted by Crippen LogP contribution is -2.04. The van der Waals surface area contributed by atoms with Crippen molar-refractivity contribution in [1.82, 2.24) is 0 Å². The maximum Gasteiger partial charge on any atom is 0.120 e. The van der Waals surface area contributed by atoms with Gasteiger partial charge in [-0.15, -0.1) is 0 Å².